The first-order valence-electron chi connectivity index (χ1n) is 8.30. The van der Waals surface area contributed by atoms with Crippen LogP contribution in [0.5, 0.6) is 5.88 Å². The first-order valence-corrected chi connectivity index (χ1v) is 8.30. The SMILES string of the molecule is Cn1c(O)c(C=NCCCN2CCCC2=O)c(=O)n(C)c1=O.O=C(O)C(=O)O.[Cl-]. The number of likely N-dealkylation sites (tertiary alicyclic amines) is 1. The quantitative estimate of drug-likeness (QED) is 0.236. The molecule has 1 saturated heterocycles. The first-order chi connectivity index (χ1) is 13.1. The normalized spacial score (nSPS) is 13.0. The molecule has 0 saturated carbocycles. The average Bonchev–Trinajstić information content (AvgIpc) is 3.06. The van der Waals surface area contributed by atoms with E-state index in [2.05, 4.69) is 4.99 Å². The fraction of sp³-hybridized carbons (Fsp3) is 0.500. The Morgan fingerprint density at radius 2 is 1.69 bits per heavy atom. The van der Waals surface area contributed by atoms with Crippen LogP contribution in [0.25, 0.3) is 0 Å². The van der Waals surface area contributed by atoms with E-state index in [1.54, 1.807) is 4.90 Å². The largest absolute Gasteiger partial charge is 1.00 e. The third-order valence-electron chi connectivity index (χ3n) is 3.96. The van der Waals surface area contributed by atoms with Crippen LogP contribution in [0, 0.1) is 0 Å². The smallest absolute Gasteiger partial charge is 0.414 e. The number of carboxylic acid groups (broad SMARTS) is 2. The molecule has 1 aliphatic rings. The third kappa shape index (κ3) is 7.07. The molecule has 0 radical (unpaired) electrons. The number of carbonyl (C=O) groups is 3. The summed E-state index contributed by atoms with van der Waals surface area (Å²) in [5.41, 5.74) is -1.19. The molecule has 1 amide bonds. The molecule has 29 heavy (non-hydrogen) atoms. The van der Waals surface area contributed by atoms with Gasteiger partial charge in [0.15, 0.2) is 0 Å². The van der Waals surface area contributed by atoms with E-state index in [-0.39, 0.29) is 23.9 Å². The second-order valence-corrected chi connectivity index (χ2v) is 5.93. The van der Waals surface area contributed by atoms with Crippen LogP contribution in [0.2, 0.25) is 0 Å². The Morgan fingerprint density at radius 1 is 1.10 bits per heavy atom. The zero-order chi connectivity index (χ0) is 21.4. The predicted molar refractivity (Wildman–Crippen MR) is 96.8 cm³/mol. The molecule has 2 rings (SSSR count). The van der Waals surface area contributed by atoms with E-state index < -0.39 is 29.1 Å². The van der Waals surface area contributed by atoms with Crippen LogP contribution >= 0.6 is 0 Å². The highest BCUT2D eigenvalue weighted by Crippen LogP contribution is 2.10. The fourth-order valence-electron chi connectivity index (χ4n) is 2.42. The van der Waals surface area contributed by atoms with Gasteiger partial charge < -0.3 is 32.6 Å². The minimum absolute atomic E-state index is 0. The molecular weight excluding hydrogens is 412 g/mol. The van der Waals surface area contributed by atoms with Crippen molar-refractivity contribution in [2.75, 3.05) is 19.6 Å². The number of carboxylic acids is 2. The summed E-state index contributed by atoms with van der Waals surface area (Å²) < 4.78 is 1.91. The molecule has 0 unspecified atom stereocenters. The number of hydrogen-bond donors (Lipinski definition) is 3. The maximum Gasteiger partial charge on any atom is 0.414 e. The van der Waals surface area contributed by atoms with E-state index in [1.807, 2.05) is 0 Å². The van der Waals surface area contributed by atoms with E-state index in [4.69, 9.17) is 19.8 Å². The Morgan fingerprint density at radius 3 is 2.17 bits per heavy atom. The van der Waals surface area contributed by atoms with Crippen LogP contribution in [-0.4, -0.2) is 73.0 Å². The number of hydrogen-bond acceptors (Lipinski definition) is 7. The van der Waals surface area contributed by atoms with Crippen molar-refractivity contribution in [3.05, 3.63) is 26.4 Å². The lowest BCUT2D eigenvalue weighted by Gasteiger charge is -2.13. The Bertz CT molecular complexity index is 893. The number of carbonyl (C=O) groups excluding carboxylic acids is 1. The van der Waals surface area contributed by atoms with Gasteiger partial charge in [-0.1, -0.05) is 0 Å². The molecule has 0 atom stereocenters. The number of aromatic hydroxyl groups is 1. The molecule has 0 spiro atoms. The molecule has 0 aromatic carbocycles. The van der Waals surface area contributed by atoms with Crippen molar-refractivity contribution in [3.63, 3.8) is 0 Å². The topological polar surface area (TPSA) is 171 Å². The minimum atomic E-state index is -1.82. The van der Waals surface area contributed by atoms with Crippen LogP contribution in [-0.2, 0) is 28.5 Å². The molecule has 2 heterocycles. The molecule has 1 aromatic heterocycles. The Kier molecular flexibility index (Phi) is 10.4. The zero-order valence-electron chi connectivity index (χ0n) is 15.9. The zero-order valence-corrected chi connectivity index (χ0v) is 16.6. The van der Waals surface area contributed by atoms with Gasteiger partial charge in [0.1, 0.15) is 5.56 Å². The van der Waals surface area contributed by atoms with E-state index >= 15 is 0 Å². The highest BCUT2D eigenvalue weighted by molar-refractivity contribution is 6.27. The second-order valence-electron chi connectivity index (χ2n) is 5.93. The summed E-state index contributed by atoms with van der Waals surface area (Å²) in [7, 11) is 2.73. The van der Waals surface area contributed by atoms with Crippen molar-refractivity contribution in [1.29, 1.82) is 0 Å². The molecule has 13 heteroatoms. The summed E-state index contributed by atoms with van der Waals surface area (Å²) in [4.78, 5) is 59.1. The van der Waals surface area contributed by atoms with E-state index in [1.165, 1.54) is 20.3 Å². The lowest BCUT2D eigenvalue weighted by atomic mass is 10.3. The van der Waals surface area contributed by atoms with Gasteiger partial charge in [0.05, 0.1) is 0 Å². The standard InChI is InChI=1S/C14H20N4O4.C2H2O4.ClH/c1-16-12(20)10(13(21)17(2)14(16)22)9-15-6-4-8-18-7-3-5-11(18)19;3-1(4)2(5)6;/h9,20H,3-8H2,1-2H3;(H,3,4)(H,5,6);1H/p-1. The van der Waals surface area contributed by atoms with Crippen LogP contribution in [0.4, 0.5) is 0 Å². The van der Waals surface area contributed by atoms with E-state index in [0.29, 0.717) is 25.9 Å². The van der Waals surface area contributed by atoms with Crippen molar-refractivity contribution < 1.29 is 42.1 Å². The summed E-state index contributed by atoms with van der Waals surface area (Å²) in [6.45, 7) is 1.88. The number of amides is 1. The maximum absolute atomic E-state index is 11.9. The van der Waals surface area contributed by atoms with Crippen LogP contribution in [0.1, 0.15) is 24.8 Å². The summed E-state index contributed by atoms with van der Waals surface area (Å²) in [5.74, 6) is -3.87. The molecule has 0 bridgehead atoms. The van der Waals surface area contributed by atoms with Crippen molar-refractivity contribution in [2.45, 2.75) is 19.3 Å². The number of halogens is 1. The minimum Gasteiger partial charge on any atom is -1.00 e. The molecule has 1 aromatic rings. The molecule has 1 fully saturated rings. The van der Waals surface area contributed by atoms with Gasteiger partial charge in [0.2, 0.25) is 11.8 Å². The van der Waals surface area contributed by atoms with Gasteiger partial charge in [-0.15, -0.1) is 0 Å². The highest BCUT2D eigenvalue weighted by atomic mass is 35.5. The van der Waals surface area contributed by atoms with Gasteiger partial charge in [-0.05, 0) is 12.8 Å². The van der Waals surface area contributed by atoms with Gasteiger partial charge in [-0.3, -0.25) is 23.7 Å². The number of aliphatic imine (C=N–C) groups is 1. The predicted octanol–water partition coefficient (Wildman–Crippen LogP) is -4.62. The van der Waals surface area contributed by atoms with Crippen molar-refractivity contribution in [3.8, 4) is 5.88 Å². The van der Waals surface area contributed by atoms with Crippen LogP contribution < -0.4 is 23.7 Å². The van der Waals surface area contributed by atoms with Crippen LogP contribution in [0.15, 0.2) is 14.6 Å². The lowest BCUT2D eigenvalue weighted by Crippen LogP contribution is -3.00. The fourth-order valence-corrected chi connectivity index (χ4v) is 2.42. The Balaban J connectivity index is 0.000000981. The Hall–Kier alpha value is -3.15. The molecule has 0 aliphatic carbocycles. The lowest BCUT2D eigenvalue weighted by molar-refractivity contribution is -0.159. The van der Waals surface area contributed by atoms with Crippen molar-refractivity contribution in [1.82, 2.24) is 14.0 Å². The summed E-state index contributed by atoms with van der Waals surface area (Å²) >= 11 is 0. The average molecular weight is 434 g/mol. The van der Waals surface area contributed by atoms with E-state index in [9.17, 15) is 19.5 Å². The number of rotatable bonds is 5. The number of aromatic nitrogens is 2. The number of aliphatic carboxylic acids is 2. The highest BCUT2D eigenvalue weighted by Gasteiger charge is 2.18. The molecule has 162 valence electrons. The molecule has 3 N–H and O–H groups in total. The number of nitrogens with zero attached hydrogens (tertiary/aromatic N) is 4. The second kappa shape index (κ2) is 11.6. The maximum atomic E-state index is 11.9. The van der Waals surface area contributed by atoms with Gasteiger partial charge in [-0.25, -0.2) is 14.4 Å². The van der Waals surface area contributed by atoms with Crippen molar-refractivity contribution >= 4 is 24.1 Å². The van der Waals surface area contributed by atoms with Gasteiger partial charge in [0, 0.05) is 46.4 Å². The van der Waals surface area contributed by atoms with Gasteiger partial charge in [0.25, 0.3) is 5.56 Å². The van der Waals surface area contributed by atoms with Gasteiger partial charge in [-0.2, -0.15) is 0 Å². The molecule has 1 aliphatic heterocycles. The monoisotopic (exact) mass is 433 g/mol. The summed E-state index contributed by atoms with van der Waals surface area (Å²) in [6, 6.07) is 0. The van der Waals surface area contributed by atoms with Crippen LogP contribution in [0.3, 0.4) is 0 Å². The Labute approximate surface area is 171 Å². The molecule has 12 nitrogen and oxygen atoms in total. The van der Waals surface area contributed by atoms with E-state index in [0.717, 1.165) is 22.1 Å². The summed E-state index contributed by atoms with van der Waals surface area (Å²) in [6.07, 6.45) is 3.49. The summed E-state index contributed by atoms with van der Waals surface area (Å²) in [5, 5.41) is 24.6. The third-order valence-corrected chi connectivity index (χ3v) is 3.96. The molecular formula is C16H22ClN4O8-. The first kappa shape index (κ1) is 25.9. The van der Waals surface area contributed by atoms with Crippen molar-refractivity contribution in [2.24, 2.45) is 19.1 Å². The van der Waals surface area contributed by atoms with Gasteiger partial charge >= 0.3 is 17.6 Å².